The maximum absolute atomic E-state index is 9.32. The SMILES string of the molecule is CC1C(C)(C)c2ccc([C@H](C)CO)cc2C1(C)C. The molecule has 18 heavy (non-hydrogen) atoms. The van der Waals surface area contributed by atoms with Crippen molar-refractivity contribution in [2.75, 3.05) is 6.61 Å². The number of fused-ring (bicyclic) bond motifs is 1. The summed E-state index contributed by atoms with van der Waals surface area (Å²) in [7, 11) is 0. The molecule has 0 aliphatic heterocycles. The molecule has 1 aliphatic rings. The third kappa shape index (κ3) is 1.72. The van der Waals surface area contributed by atoms with Crippen molar-refractivity contribution < 1.29 is 5.11 Å². The molecule has 1 heteroatoms. The molecule has 100 valence electrons. The van der Waals surface area contributed by atoms with Crippen molar-refractivity contribution >= 4 is 0 Å². The van der Waals surface area contributed by atoms with E-state index in [1.807, 2.05) is 0 Å². The summed E-state index contributed by atoms with van der Waals surface area (Å²) in [6.07, 6.45) is 0. The monoisotopic (exact) mass is 246 g/mol. The summed E-state index contributed by atoms with van der Waals surface area (Å²) >= 11 is 0. The summed E-state index contributed by atoms with van der Waals surface area (Å²) in [4.78, 5) is 0. The zero-order valence-corrected chi connectivity index (χ0v) is 12.5. The Morgan fingerprint density at radius 1 is 1.11 bits per heavy atom. The first kappa shape index (κ1) is 13.6. The Bertz CT molecular complexity index is 457. The average molecular weight is 246 g/mol. The summed E-state index contributed by atoms with van der Waals surface area (Å²) in [6.45, 7) is 14.0. The van der Waals surface area contributed by atoms with Crippen molar-refractivity contribution in [3.63, 3.8) is 0 Å². The third-order valence-corrected chi connectivity index (χ3v) is 5.44. The van der Waals surface area contributed by atoms with Gasteiger partial charge in [0, 0.05) is 12.5 Å². The van der Waals surface area contributed by atoms with Crippen LogP contribution in [0.25, 0.3) is 0 Å². The highest BCUT2D eigenvalue weighted by Crippen LogP contribution is 2.53. The molecule has 0 aromatic heterocycles. The normalized spacial score (nSPS) is 25.8. The quantitative estimate of drug-likeness (QED) is 0.836. The fourth-order valence-electron chi connectivity index (χ4n) is 3.44. The van der Waals surface area contributed by atoms with E-state index < -0.39 is 0 Å². The second kappa shape index (κ2) is 4.09. The number of hydrogen-bond donors (Lipinski definition) is 1. The maximum Gasteiger partial charge on any atom is 0.0497 e. The lowest BCUT2D eigenvalue weighted by atomic mass is 9.71. The summed E-state index contributed by atoms with van der Waals surface area (Å²) < 4.78 is 0. The van der Waals surface area contributed by atoms with Crippen molar-refractivity contribution in [1.82, 2.24) is 0 Å². The van der Waals surface area contributed by atoms with Crippen LogP contribution in [0.15, 0.2) is 18.2 Å². The van der Waals surface area contributed by atoms with Gasteiger partial charge >= 0.3 is 0 Å². The van der Waals surface area contributed by atoms with Crippen LogP contribution in [-0.4, -0.2) is 11.7 Å². The summed E-state index contributed by atoms with van der Waals surface area (Å²) in [6, 6.07) is 6.79. The minimum atomic E-state index is 0.212. The molecule has 1 unspecified atom stereocenters. The van der Waals surface area contributed by atoms with Crippen LogP contribution in [0.3, 0.4) is 0 Å². The molecule has 0 amide bonds. The van der Waals surface area contributed by atoms with Crippen LogP contribution >= 0.6 is 0 Å². The summed E-state index contributed by atoms with van der Waals surface area (Å²) in [5, 5.41) is 9.32. The van der Waals surface area contributed by atoms with Gasteiger partial charge < -0.3 is 5.11 Å². The van der Waals surface area contributed by atoms with Gasteiger partial charge in [-0.05, 0) is 33.4 Å². The molecular weight excluding hydrogens is 220 g/mol. The van der Waals surface area contributed by atoms with Crippen LogP contribution in [0.4, 0.5) is 0 Å². The lowest BCUT2D eigenvalue weighted by molar-refractivity contribution is 0.263. The lowest BCUT2D eigenvalue weighted by Gasteiger charge is -2.32. The van der Waals surface area contributed by atoms with Crippen LogP contribution in [0.5, 0.6) is 0 Å². The first-order chi connectivity index (χ1) is 8.22. The van der Waals surface area contributed by atoms with Gasteiger partial charge in [-0.3, -0.25) is 0 Å². The predicted octanol–water partition coefficient (Wildman–Crippen LogP) is 3.99. The Morgan fingerprint density at radius 2 is 1.67 bits per heavy atom. The smallest absolute Gasteiger partial charge is 0.0497 e. The molecule has 0 heterocycles. The standard InChI is InChI=1S/C17H26O/c1-11(10-18)13-7-8-14-15(9-13)17(5,6)12(2)16(14,3)4/h7-9,11-12,18H,10H2,1-6H3/t11-,12?/m1/s1. The van der Waals surface area contributed by atoms with Crippen LogP contribution in [-0.2, 0) is 10.8 Å². The molecule has 0 spiro atoms. The minimum Gasteiger partial charge on any atom is -0.396 e. The number of benzene rings is 1. The van der Waals surface area contributed by atoms with Crippen LogP contribution < -0.4 is 0 Å². The first-order valence-electron chi connectivity index (χ1n) is 6.98. The fraction of sp³-hybridized carbons (Fsp3) is 0.647. The second-order valence-electron chi connectivity index (χ2n) is 7.05. The van der Waals surface area contributed by atoms with Gasteiger partial charge in [-0.2, -0.15) is 0 Å². The molecule has 0 saturated carbocycles. The minimum absolute atomic E-state index is 0.212. The van der Waals surface area contributed by atoms with Gasteiger partial charge in [0.15, 0.2) is 0 Å². The lowest BCUT2D eigenvalue weighted by Crippen LogP contribution is -2.30. The Hall–Kier alpha value is -0.820. The zero-order valence-electron chi connectivity index (χ0n) is 12.5. The van der Waals surface area contributed by atoms with E-state index in [-0.39, 0.29) is 23.4 Å². The summed E-state index contributed by atoms with van der Waals surface area (Å²) in [5.41, 5.74) is 4.66. The van der Waals surface area contributed by atoms with E-state index in [1.54, 1.807) is 0 Å². The Kier molecular flexibility index (Phi) is 3.09. The van der Waals surface area contributed by atoms with Crippen molar-refractivity contribution in [3.05, 3.63) is 34.9 Å². The molecule has 1 nitrogen and oxygen atoms in total. The molecule has 0 saturated heterocycles. The summed E-state index contributed by atoms with van der Waals surface area (Å²) in [5.74, 6) is 0.852. The van der Waals surface area contributed by atoms with E-state index in [2.05, 4.69) is 59.7 Å². The van der Waals surface area contributed by atoms with Gasteiger partial charge in [0.2, 0.25) is 0 Å². The van der Waals surface area contributed by atoms with E-state index in [0.29, 0.717) is 5.92 Å². The van der Waals surface area contributed by atoms with E-state index in [1.165, 1.54) is 16.7 Å². The molecule has 1 aromatic carbocycles. The van der Waals surface area contributed by atoms with Crippen molar-refractivity contribution in [2.24, 2.45) is 5.92 Å². The Morgan fingerprint density at radius 3 is 2.22 bits per heavy atom. The molecule has 1 N–H and O–H groups in total. The molecule has 1 aromatic rings. The highest BCUT2D eigenvalue weighted by Gasteiger charge is 2.48. The number of rotatable bonds is 2. The molecule has 2 rings (SSSR count). The highest BCUT2D eigenvalue weighted by molar-refractivity contribution is 5.48. The van der Waals surface area contributed by atoms with Crippen LogP contribution in [0, 0.1) is 5.92 Å². The van der Waals surface area contributed by atoms with Gasteiger partial charge in [0.1, 0.15) is 0 Å². The number of hydrogen-bond acceptors (Lipinski definition) is 1. The molecule has 0 bridgehead atoms. The maximum atomic E-state index is 9.32. The molecule has 2 atom stereocenters. The average Bonchev–Trinajstić information content (AvgIpc) is 2.47. The molecule has 1 aliphatic carbocycles. The van der Waals surface area contributed by atoms with Crippen LogP contribution in [0.2, 0.25) is 0 Å². The van der Waals surface area contributed by atoms with E-state index in [0.717, 1.165) is 0 Å². The highest BCUT2D eigenvalue weighted by atomic mass is 16.3. The Labute approximate surface area is 111 Å². The van der Waals surface area contributed by atoms with Gasteiger partial charge in [-0.15, -0.1) is 0 Å². The van der Waals surface area contributed by atoms with E-state index in [9.17, 15) is 5.11 Å². The molecule has 0 fully saturated rings. The first-order valence-corrected chi connectivity index (χ1v) is 6.98. The second-order valence-corrected chi connectivity index (χ2v) is 7.05. The molecule has 0 radical (unpaired) electrons. The van der Waals surface area contributed by atoms with Gasteiger partial charge in [-0.1, -0.05) is 59.7 Å². The van der Waals surface area contributed by atoms with Gasteiger partial charge in [0.25, 0.3) is 0 Å². The predicted molar refractivity (Wildman–Crippen MR) is 77.2 cm³/mol. The topological polar surface area (TPSA) is 20.2 Å². The van der Waals surface area contributed by atoms with Crippen LogP contribution in [0.1, 0.15) is 64.2 Å². The van der Waals surface area contributed by atoms with Crippen molar-refractivity contribution in [2.45, 2.75) is 58.3 Å². The van der Waals surface area contributed by atoms with E-state index >= 15 is 0 Å². The zero-order chi connectivity index (χ0) is 13.7. The number of aliphatic hydroxyl groups is 1. The van der Waals surface area contributed by atoms with E-state index in [4.69, 9.17) is 0 Å². The third-order valence-electron chi connectivity index (χ3n) is 5.44. The van der Waals surface area contributed by atoms with Crippen molar-refractivity contribution in [3.8, 4) is 0 Å². The number of aliphatic hydroxyl groups excluding tert-OH is 1. The fourth-order valence-corrected chi connectivity index (χ4v) is 3.44. The largest absolute Gasteiger partial charge is 0.396 e. The Balaban J connectivity index is 2.58. The molecular formula is C17H26O. The van der Waals surface area contributed by atoms with Crippen molar-refractivity contribution in [1.29, 1.82) is 0 Å². The van der Waals surface area contributed by atoms with Gasteiger partial charge in [-0.25, -0.2) is 0 Å². The van der Waals surface area contributed by atoms with Gasteiger partial charge in [0.05, 0.1) is 0 Å².